The van der Waals surface area contributed by atoms with Gasteiger partial charge in [0.15, 0.2) is 4.58 Å². The van der Waals surface area contributed by atoms with Gasteiger partial charge in [-0.2, -0.15) is 43.9 Å². The molecule has 31 heavy (non-hydrogen) atoms. The molecule has 0 aromatic rings. The van der Waals surface area contributed by atoms with Crippen LogP contribution in [-0.4, -0.2) is 50.8 Å². The van der Waals surface area contributed by atoms with Gasteiger partial charge < -0.3 is 5.73 Å². The molecule has 0 spiro atoms. The minimum atomic E-state index is -7.40. The summed E-state index contributed by atoms with van der Waals surface area (Å²) >= 11 is 0. The number of sulfone groups is 2. The third-order valence-corrected chi connectivity index (χ3v) is 9.48. The van der Waals surface area contributed by atoms with Crippen molar-refractivity contribution in [1.29, 1.82) is 0 Å². The van der Waals surface area contributed by atoms with Gasteiger partial charge in [-0.3, -0.25) is 0 Å². The van der Waals surface area contributed by atoms with Crippen LogP contribution in [0.25, 0.3) is 0 Å². The summed E-state index contributed by atoms with van der Waals surface area (Å²) in [6.45, 7) is 0.387. The Morgan fingerprint density at radius 1 is 0.548 bits per heavy atom. The predicted octanol–water partition coefficient (Wildman–Crippen LogP) is 4.53. The Hall–Kier alpha value is -0.840. The van der Waals surface area contributed by atoms with E-state index in [1.807, 2.05) is 0 Å². The molecule has 0 rings (SSSR count). The Morgan fingerprint density at radius 3 is 1.13 bits per heavy atom. The molecule has 0 amide bonds. The van der Waals surface area contributed by atoms with Crippen LogP contribution in [0.15, 0.2) is 0 Å². The second kappa shape index (κ2) is 10.4. The first kappa shape index (κ1) is 30.2. The molecule has 0 atom stereocenters. The zero-order valence-corrected chi connectivity index (χ0v) is 17.4. The highest BCUT2D eigenvalue weighted by molar-refractivity contribution is 8.10. The van der Waals surface area contributed by atoms with E-state index in [1.165, 1.54) is 0 Å². The summed E-state index contributed by atoms with van der Waals surface area (Å²) < 4.78 is 171. The van der Waals surface area contributed by atoms with E-state index >= 15 is 0 Å². The third kappa shape index (κ3) is 6.58. The molecule has 0 fully saturated rings. The minimum Gasteiger partial charge on any atom is -0.330 e. The smallest absolute Gasteiger partial charge is 0.330 e. The Morgan fingerprint density at radius 2 is 0.839 bits per heavy atom. The van der Waals surface area contributed by atoms with Crippen LogP contribution in [0, 0.1) is 0 Å². The van der Waals surface area contributed by atoms with Crippen LogP contribution in [0.1, 0.15) is 51.4 Å². The summed E-state index contributed by atoms with van der Waals surface area (Å²) in [5.74, 6) is 0. The van der Waals surface area contributed by atoms with Gasteiger partial charge in [0, 0.05) is 0 Å². The van der Waals surface area contributed by atoms with Crippen molar-refractivity contribution in [3.8, 4) is 0 Å². The SMILES string of the molecule is NCCCCCCCCCC(S(=O)(=O)C(F)(F)C(F)(F)F)S(=O)(=O)C(F)(F)C(F)(F)F. The molecule has 0 bridgehead atoms. The van der Waals surface area contributed by atoms with Crippen LogP contribution < -0.4 is 5.73 Å². The van der Waals surface area contributed by atoms with E-state index < -0.39 is 60.0 Å². The van der Waals surface area contributed by atoms with Crippen LogP contribution in [-0.2, 0) is 19.7 Å². The van der Waals surface area contributed by atoms with Crippen LogP contribution in [0.5, 0.6) is 0 Å². The van der Waals surface area contributed by atoms with E-state index in [-0.39, 0.29) is 12.8 Å². The summed E-state index contributed by atoms with van der Waals surface area (Å²) in [4.78, 5) is 0. The number of hydrogen-bond acceptors (Lipinski definition) is 5. The molecule has 0 unspecified atom stereocenters. The minimum absolute atomic E-state index is 0.169. The molecule has 0 aromatic heterocycles. The molecule has 0 aliphatic rings. The van der Waals surface area contributed by atoms with E-state index in [4.69, 9.17) is 5.73 Å². The zero-order chi connectivity index (χ0) is 24.9. The van der Waals surface area contributed by atoms with Gasteiger partial charge in [-0.25, -0.2) is 16.8 Å². The molecule has 0 aliphatic carbocycles. The van der Waals surface area contributed by atoms with Crippen LogP contribution >= 0.6 is 0 Å². The summed E-state index contributed by atoms with van der Waals surface area (Å²) in [7, 11) is -14.8. The number of unbranched alkanes of at least 4 members (excludes halogenated alkanes) is 6. The van der Waals surface area contributed by atoms with Crippen LogP contribution in [0.2, 0.25) is 0 Å². The molecular formula is C14H21F10NO4S2. The van der Waals surface area contributed by atoms with Crippen molar-refractivity contribution < 1.29 is 60.7 Å². The molecule has 0 saturated carbocycles. The van der Waals surface area contributed by atoms with Crippen molar-refractivity contribution in [2.75, 3.05) is 6.54 Å². The molecular weight excluding hydrogens is 500 g/mol. The standard InChI is InChI=1S/C14H21F10NO4S2/c15-11(16,17)13(21,22)30(26,27)10(8-6-4-2-1-3-5-7-9-25)31(28,29)14(23,24)12(18,19)20/h10H,1-9,25H2. The third-order valence-electron chi connectivity index (χ3n) is 4.21. The first-order chi connectivity index (χ1) is 13.7. The summed E-state index contributed by atoms with van der Waals surface area (Å²) in [5.41, 5.74) is 5.24. The van der Waals surface area contributed by atoms with E-state index in [0.717, 1.165) is 0 Å². The van der Waals surface area contributed by atoms with E-state index in [2.05, 4.69) is 0 Å². The molecule has 17 heteroatoms. The lowest BCUT2D eigenvalue weighted by Crippen LogP contribution is -2.56. The molecule has 188 valence electrons. The monoisotopic (exact) mass is 521 g/mol. The maximum absolute atomic E-state index is 13.4. The second-order valence-corrected chi connectivity index (χ2v) is 11.2. The second-order valence-electron chi connectivity index (χ2n) is 6.60. The van der Waals surface area contributed by atoms with Gasteiger partial charge in [-0.05, 0) is 19.4 Å². The van der Waals surface area contributed by atoms with Gasteiger partial charge in [0.05, 0.1) is 0 Å². The first-order valence-electron chi connectivity index (χ1n) is 8.75. The molecule has 0 saturated heterocycles. The maximum atomic E-state index is 13.4. The highest BCUT2D eigenvalue weighted by Gasteiger charge is 2.76. The quantitative estimate of drug-likeness (QED) is 0.284. The summed E-state index contributed by atoms with van der Waals surface area (Å²) in [5, 5.41) is -13.7. The normalized spacial score (nSPS) is 15.0. The average molecular weight is 521 g/mol. The summed E-state index contributed by atoms with van der Waals surface area (Å²) in [6, 6.07) is 0. The van der Waals surface area contributed by atoms with Crippen LogP contribution in [0.3, 0.4) is 0 Å². The molecule has 5 nitrogen and oxygen atoms in total. The van der Waals surface area contributed by atoms with E-state index in [9.17, 15) is 60.7 Å². The Balaban J connectivity index is 5.88. The predicted molar refractivity (Wildman–Crippen MR) is 89.6 cm³/mol. The fourth-order valence-corrected chi connectivity index (χ4v) is 6.79. The number of rotatable bonds is 13. The number of alkyl halides is 10. The van der Waals surface area contributed by atoms with Crippen molar-refractivity contribution in [2.24, 2.45) is 5.73 Å². The molecule has 0 aliphatic heterocycles. The van der Waals surface area contributed by atoms with Gasteiger partial charge >= 0.3 is 22.9 Å². The maximum Gasteiger partial charge on any atom is 0.469 e. The Bertz CT molecular complexity index is 720. The zero-order valence-electron chi connectivity index (χ0n) is 15.7. The van der Waals surface area contributed by atoms with Crippen LogP contribution in [0.4, 0.5) is 43.9 Å². The highest BCUT2D eigenvalue weighted by atomic mass is 32.3. The van der Waals surface area contributed by atoms with Gasteiger partial charge in [0.25, 0.3) is 0 Å². The van der Waals surface area contributed by atoms with E-state index in [0.29, 0.717) is 32.2 Å². The van der Waals surface area contributed by atoms with Crippen molar-refractivity contribution in [3.63, 3.8) is 0 Å². The van der Waals surface area contributed by atoms with Crippen molar-refractivity contribution in [3.05, 3.63) is 0 Å². The molecule has 0 heterocycles. The lowest BCUT2D eigenvalue weighted by atomic mass is 10.1. The lowest BCUT2D eigenvalue weighted by Gasteiger charge is -2.29. The topological polar surface area (TPSA) is 94.3 Å². The number of hydrogen-bond donors (Lipinski definition) is 1. The van der Waals surface area contributed by atoms with Gasteiger partial charge in [0.1, 0.15) is 0 Å². The van der Waals surface area contributed by atoms with Crippen molar-refractivity contribution in [1.82, 2.24) is 0 Å². The van der Waals surface area contributed by atoms with Crippen molar-refractivity contribution >= 4 is 19.7 Å². The van der Waals surface area contributed by atoms with Gasteiger partial charge in [-0.1, -0.05) is 38.5 Å². The average Bonchev–Trinajstić information content (AvgIpc) is 2.57. The van der Waals surface area contributed by atoms with Gasteiger partial charge in [0.2, 0.25) is 19.7 Å². The number of nitrogens with two attached hydrogens (primary N) is 1. The van der Waals surface area contributed by atoms with Crippen molar-refractivity contribution in [2.45, 2.75) is 78.8 Å². The van der Waals surface area contributed by atoms with E-state index in [1.54, 1.807) is 0 Å². The molecule has 0 aromatic carbocycles. The largest absolute Gasteiger partial charge is 0.469 e. The fraction of sp³-hybridized carbons (Fsp3) is 1.00. The molecule has 2 N–H and O–H groups in total. The number of halogens is 10. The van der Waals surface area contributed by atoms with Gasteiger partial charge in [-0.15, -0.1) is 0 Å². The fourth-order valence-electron chi connectivity index (χ4n) is 2.47. The summed E-state index contributed by atoms with van der Waals surface area (Å²) in [6.07, 6.45) is -14.2. The highest BCUT2D eigenvalue weighted by Crippen LogP contribution is 2.48. The Kier molecular flexibility index (Phi) is 10.1. The first-order valence-corrected chi connectivity index (χ1v) is 11.8. The Labute approximate surface area is 172 Å². The molecule has 0 radical (unpaired) electrons. The lowest BCUT2D eigenvalue weighted by molar-refractivity contribution is -0.242.